The SMILES string of the molecule is C#CCCCC(=O)OC(C)(C)C1CCCOC(OC(=O)N[C@@H](Cc2c[nH]c3ccccc23)C(=O)OCc2ccccc2)C1. The summed E-state index contributed by atoms with van der Waals surface area (Å²) < 4.78 is 22.9. The molecule has 1 aliphatic heterocycles. The first kappa shape index (κ1) is 31.6. The molecular formula is C34H40N2O7. The number of ether oxygens (including phenoxy) is 4. The molecule has 0 radical (unpaired) electrons. The molecule has 0 spiro atoms. The van der Waals surface area contributed by atoms with Gasteiger partial charge in [-0.25, -0.2) is 9.59 Å². The molecule has 9 nitrogen and oxygen atoms in total. The fourth-order valence-electron chi connectivity index (χ4n) is 5.28. The van der Waals surface area contributed by atoms with Crippen LogP contribution in [-0.4, -0.2) is 47.6 Å². The Labute approximate surface area is 252 Å². The smallest absolute Gasteiger partial charge is 0.410 e. The molecule has 1 aliphatic rings. The Morgan fingerprint density at radius 1 is 1.14 bits per heavy atom. The minimum Gasteiger partial charge on any atom is -0.459 e. The molecule has 1 aromatic heterocycles. The van der Waals surface area contributed by atoms with E-state index in [1.165, 1.54) is 0 Å². The average molecular weight is 589 g/mol. The van der Waals surface area contributed by atoms with Crippen molar-refractivity contribution in [1.82, 2.24) is 10.3 Å². The Hall–Kier alpha value is -4.29. The van der Waals surface area contributed by atoms with Crippen LogP contribution < -0.4 is 5.32 Å². The molecule has 0 saturated carbocycles. The molecule has 1 saturated heterocycles. The van der Waals surface area contributed by atoms with Gasteiger partial charge in [-0.3, -0.25) is 4.79 Å². The molecule has 2 N–H and O–H groups in total. The number of alkyl carbamates (subject to hydrolysis) is 1. The van der Waals surface area contributed by atoms with Crippen molar-refractivity contribution in [3.63, 3.8) is 0 Å². The number of carbonyl (C=O) groups is 3. The number of aromatic amines is 1. The van der Waals surface area contributed by atoms with Crippen LogP contribution in [0, 0.1) is 18.3 Å². The Bertz CT molecular complexity index is 1410. The van der Waals surface area contributed by atoms with Gasteiger partial charge in [0.1, 0.15) is 18.2 Å². The summed E-state index contributed by atoms with van der Waals surface area (Å²) in [5.41, 5.74) is 1.82. The van der Waals surface area contributed by atoms with Crippen molar-refractivity contribution < 1.29 is 33.3 Å². The van der Waals surface area contributed by atoms with Gasteiger partial charge >= 0.3 is 18.0 Å². The van der Waals surface area contributed by atoms with Gasteiger partial charge in [-0.1, -0.05) is 48.5 Å². The highest BCUT2D eigenvalue weighted by atomic mass is 16.7. The van der Waals surface area contributed by atoms with E-state index in [4.69, 9.17) is 25.4 Å². The Kier molecular flexibility index (Phi) is 11.2. The predicted molar refractivity (Wildman–Crippen MR) is 162 cm³/mol. The summed E-state index contributed by atoms with van der Waals surface area (Å²) in [6.07, 6.45) is 8.76. The maximum absolute atomic E-state index is 13.2. The van der Waals surface area contributed by atoms with Gasteiger partial charge in [0.15, 0.2) is 0 Å². The zero-order valence-corrected chi connectivity index (χ0v) is 24.8. The third-order valence-electron chi connectivity index (χ3n) is 7.68. The fraction of sp³-hybridized carbons (Fsp3) is 0.441. The quantitative estimate of drug-likeness (QED) is 0.119. The van der Waals surface area contributed by atoms with Crippen LogP contribution in [0.2, 0.25) is 0 Å². The number of unbranched alkanes of at least 4 members (excludes halogenated alkanes) is 1. The topological polar surface area (TPSA) is 116 Å². The van der Waals surface area contributed by atoms with Crippen molar-refractivity contribution in [1.29, 1.82) is 0 Å². The third kappa shape index (κ3) is 9.35. The number of aromatic nitrogens is 1. The van der Waals surface area contributed by atoms with E-state index in [0.29, 0.717) is 25.9 Å². The fourth-order valence-corrected chi connectivity index (χ4v) is 5.28. The lowest BCUT2D eigenvalue weighted by Crippen LogP contribution is -2.45. The van der Waals surface area contributed by atoms with Crippen LogP contribution in [0.25, 0.3) is 10.9 Å². The van der Waals surface area contributed by atoms with Crippen LogP contribution in [0.1, 0.15) is 63.5 Å². The lowest BCUT2D eigenvalue weighted by molar-refractivity contribution is -0.166. The van der Waals surface area contributed by atoms with Crippen molar-refractivity contribution in [3.8, 4) is 12.3 Å². The molecule has 4 rings (SSSR count). The van der Waals surface area contributed by atoms with Gasteiger partial charge in [0, 0.05) is 48.7 Å². The zero-order chi connectivity index (χ0) is 30.7. The number of H-pyrrole nitrogens is 1. The first-order valence-electron chi connectivity index (χ1n) is 14.7. The van der Waals surface area contributed by atoms with E-state index in [2.05, 4.69) is 16.2 Å². The summed E-state index contributed by atoms with van der Waals surface area (Å²) in [4.78, 5) is 42.0. The summed E-state index contributed by atoms with van der Waals surface area (Å²) in [5.74, 6) is 1.53. The van der Waals surface area contributed by atoms with Crippen molar-refractivity contribution in [2.45, 2.75) is 83.3 Å². The molecule has 3 aromatic rings. The highest BCUT2D eigenvalue weighted by molar-refractivity contribution is 5.86. The Morgan fingerprint density at radius 2 is 1.91 bits per heavy atom. The lowest BCUT2D eigenvalue weighted by atomic mass is 9.84. The molecule has 2 heterocycles. The van der Waals surface area contributed by atoms with Gasteiger partial charge in [-0.15, -0.1) is 12.3 Å². The molecule has 228 valence electrons. The molecular weight excluding hydrogens is 548 g/mol. The van der Waals surface area contributed by atoms with Gasteiger partial charge in [-0.2, -0.15) is 0 Å². The lowest BCUT2D eigenvalue weighted by Gasteiger charge is -2.34. The third-order valence-corrected chi connectivity index (χ3v) is 7.68. The molecule has 0 bridgehead atoms. The van der Waals surface area contributed by atoms with E-state index in [1.807, 2.05) is 74.6 Å². The van der Waals surface area contributed by atoms with Crippen molar-refractivity contribution in [3.05, 3.63) is 71.9 Å². The van der Waals surface area contributed by atoms with Crippen molar-refractivity contribution in [2.24, 2.45) is 5.92 Å². The Balaban J connectivity index is 1.41. The second kappa shape index (κ2) is 15.3. The van der Waals surface area contributed by atoms with Gasteiger partial charge in [-0.05, 0) is 50.3 Å². The maximum atomic E-state index is 13.2. The minimum absolute atomic E-state index is 0.0741. The van der Waals surface area contributed by atoms with Crippen LogP contribution in [0.5, 0.6) is 0 Å². The van der Waals surface area contributed by atoms with Crippen molar-refractivity contribution >= 4 is 28.9 Å². The number of esters is 2. The van der Waals surface area contributed by atoms with E-state index in [9.17, 15) is 14.4 Å². The van der Waals surface area contributed by atoms with Crippen LogP contribution in [0.15, 0.2) is 60.8 Å². The van der Waals surface area contributed by atoms with Gasteiger partial charge in [0.05, 0.1) is 6.61 Å². The van der Waals surface area contributed by atoms with Gasteiger partial charge in [0.25, 0.3) is 0 Å². The molecule has 1 fully saturated rings. The number of rotatable bonds is 12. The van der Waals surface area contributed by atoms with E-state index in [0.717, 1.165) is 34.9 Å². The molecule has 1 amide bonds. The summed E-state index contributed by atoms with van der Waals surface area (Å²) in [6, 6.07) is 16.1. The summed E-state index contributed by atoms with van der Waals surface area (Å²) in [5, 5.41) is 3.66. The monoisotopic (exact) mass is 588 g/mol. The number of hydrogen-bond donors (Lipinski definition) is 2. The van der Waals surface area contributed by atoms with E-state index < -0.39 is 30.0 Å². The number of benzene rings is 2. The van der Waals surface area contributed by atoms with Crippen LogP contribution in [0.4, 0.5) is 4.79 Å². The summed E-state index contributed by atoms with van der Waals surface area (Å²) in [6.45, 7) is 4.18. The zero-order valence-electron chi connectivity index (χ0n) is 24.8. The summed E-state index contributed by atoms with van der Waals surface area (Å²) >= 11 is 0. The average Bonchev–Trinajstić information content (AvgIpc) is 3.24. The number of hydrogen-bond acceptors (Lipinski definition) is 7. The second-order valence-electron chi connectivity index (χ2n) is 11.3. The van der Waals surface area contributed by atoms with Crippen LogP contribution in [-0.2, 0) is 41.6 Å². The number of terminal acetylenes is 1. The van der Waals surface area contributed by atoms with E-state index in [-0.39, 0.29) is 31.3 Å². The van der Waals surface area contributed by atoms with Crippen molar-refractivity contribution in [2.75, 3.05) is 6.61 Å². The first-order chi connectivity index (χ1) is 20.7. The second-order valence-corrected chi connectivity index (χ2v) is 11.3. The normalized spacial score (nSPS) is 17.7. The van der Waals surface area contributed by atoms with Gasteiger partial charge in [0.2, 0.25) is 6.29 Å². The first-order valence-corrected chi connectivity index (χ1v) is 14.7. The maximum Gasteiger partial charge on any atom is 0.410 e. The molecule has 9 heteroatoms. The van der Waals surface area contributed by atoms with Crippen LogP contribution >= 0.6 is 0 Å². The minimum atomic E-state index is -1.00. The molecule has 2 aromatic carbocycles. The van der Waals surface area contributed by atoms with Gasteiger partial charge < -0.3 is 29.2 Å². The Morgan fingerprint density at radius 3 is 2.70 bits per heavy atom. The largest absolute Gasteiger partial charge is 0.459 e. The standard InChI is InChI=1S/C34H40N2O7/c1-4-5-7-18-30(37)43-34(2,3)26-15-12-19-40-31(21-26)42-33(39)36-29(32(38)41-23-24-13-8-6-9-14-24)20-25-22-35-28-17-11-10-16-27(25)28/h1,6,8-11,13-14,16-17,22,26,29,31,35H,5,7,12,15,18-21,23H2,2-3H3,(H,36,39)/t26?,29-,31?/m0/s1. The number of carbonyl (C=O) groups excluding carboxylic acids is 3. The molecule has 0 aliphatic carbocycles. The predicted octanol–water partition coefficient (Wildman–Crippen LogP) is 5.82. The highest BCUT2D eigenvalue weighted by Gasteiger charge is 2.38. The number of nitrogens with one attached hydrogen (secondary N) is 2. The number of amides is 1. The van der Waals surface area contributed by atoms with E-state index in [1.54, 1.807) is 0 Å². The highest BCUT2D eigenvalue weighted by Crippen LogP contribution is 2.33. The summed E-state index contributed by atoms with van der Waals surface area (Å²) in [7, 11) is 0. The molecule has 43 heavy (non-hydrogen) atoms. The molecule has 3 atom stereocenters. The number of para-hydroxylation sites is 1. The molecule has 2 unspecified atom stereocenters. The number of fused-ring (bicyclic) bond motifs is 1. The van der Waals surface area contributed by atoms with E-state index >= 15 is 0 Å². The van der Waals surface area contributed by atoms with Crippen LogP contribution in [0.3, 0.4) is 0 Å².